The minimum atomic E-state index is -3.65. The Hall–Kier alpha value is -0.980. The van der Waals surface area contributed by atoms with Crippen LogP contribution in [0, 0.1) is 5.82 Å². The van der Waals surface area contributed by atoms with Gasteiger partial charge in [-0.25, -0.2) is 12.8 Å². The van der Waals surface area contributed by atoms with Gasteiger partial charge in [-0.05, 0) is 6.07 Å². The second kappa shape index (κ2) is 4.90. The Morgan fingerprint density at radius 3 is 2.38 bits per heavy atom. The van der Waals surface area contributed by atoms with Gasteiger partial charge in [-0.3, -0.25) is 0 Å². The lowest BCUT2D eigenvalue weighted by molar-refractivity contribution is 0.134. The summed E-state index contributed by atoms with van der Waals surface area (Å²) in [5.41, 5.74) is -0.132. The van der Waals surface area contributed by atoms with Gasteiger partial charge < -0.3 is 10.2 Å². The molecule has 0 fully saturated rings. The number of hydrogen-bond acceptors (Lipinski definition) is 4. The smallest absolute Gasteiger partial charge is 0.155 e. The minimum absolute atomic E-state index is 0.132. The summed E-state index contributed by atoms with van der Waals surface area (Å²) in [6.07, 6.45) is -0.681. The predicted molar refractivity (Wildman–Crippen MR) is 57.1 cm³/mol. The summed E-state index contributed by atoms with van der Waals surface area (Å²) in [5, 5.41) is 17.2. The molecule has 0 aliphatic rings. The van der Waals surface area contributed by atoms with Crippen molar-refractivity contribution >= 4 is 9.84 Å². The SMILES string of the molecule is CS(=O)(=O)C(CO)C(O)c1ccccc1F. The molecule has 0 saturated carbocycles. The average Bonchev–Trinajstić information content (AvgIpc) is 2.17. The molecule has 4 nitrogen and oxygen atoms in total. The van der Waals surface area contributed by atoms with Gasteiger partial charge in [0.25, 0.3) is 0 Å². The molecule has 2 unspecified atom stereocenters. The van der Waals surface area contributed by atoms with Gasteiger partial charge in [-0.1, -0.05) is 18.2 Å². The third kappa shape index (κ3) is 2.78. The molecule has 0 spiro atoms. The highest BCUT2D eigenvalue weighted by atomic mass is 32.2. The molecule has 1 aromatic carbocycles. The molecule has 0 aliphatic carbocycles. The van der Waals surface area contributed by atoms with E-state index in [4.69, 9.17) is 5.11 Å². The van der Waals surface area contributed by atoms with E-state index in [0.29, 0.717) is 0 Å². The van der Waals surface area contributed by atoms with Gasteiger partial charge in [0.15, 0.2) is 9.84 Å². The van der Waals surface area contributed by atoms with Crippen LogP contribution in [0.1, 0.15) is 11.7 Å². The molecular weight excluding hydrogens is 235 g/mol. The van der Waals surface area contributed by atoms with E-state index in [1.807, 2.05) is 0 Å². The fourth-order valence-electron chi connectivity index (χ4n) is 1.38. The van der Waals surface area contributed by atoms with Crippen molar-refractivity contribution in [3.8, 4) is 0 Å². The lowest BCUT2D eigenvalue weighted by Gasteiger charge is -2.19. The third-order valence-electron chi connectivity index (χ3n) is 2.31. The largest absolute Gasteiger partial charge is 0.395 e. The number of hydrogen-bond donors (Lipinski definition) is 2. The zero-order valence-corrected chi connectivity index (χ0v) is 9.48. The molecular formula is C10H13FO4S. The second-order valence-corrected chi connectivity index (χ2v) is 5.78. The number of benzene rings is 1. The molecule has 2 N–H and O–H groups in total. The molecule has 0 radical (unpaired) electrons. The highest BCUT2D eigenvalue weighted by Gasteiger charge is 2.30. The van der Waals surface area contributed by atoms with Crippen LogP contribution in [-0.2, 0) is 9.84 Å². The molecule has 90 valence electrons. The maximum absolute atomic E-state index is 13.3. The molecule has 0 heterocycles. The maximum Gasteiger partial charge on any atom is 0.155 e. The van der Waals surface area contributed by atoms with Crippen molar-refractivity contribution in [1.29, 1.82) is 0 Å². The van der Waals surface area contributed by atoms with E-state index in [1.54, 1.807) is 0 Å². The molecule has 2 atom stereocenters. The topological polar surface area (TPSA) is 74.6 Å². The van der Waals surface area contributed by atoms with Crippen LogP contribution >= 0.6 is 0 Å². The van der Waals surface area contributed by atoms with E-state index >= 15 is 0 Å². The van der Waals surface area contributed by atoms with Crippen LogP contribution in [0.25, 0.3) is 0 Å². The van der Waals surface area contributed by atoms with Crippen molar-refractivity contribution in [2.45, 2.75) is 11.4 Å². The summed E-state index contributed by atoms with van der Waals surface area (Å²) in [5.74, 6) is -0.697. The summed E-state index contributed by atoms with van der Waals surface area (Å²) in [4.78, 5) is 0. The Morgan fingerprint density at radius 2 is 1.94 bits per heavy atom. The van der Waals surface area contributed by atoms with Gasteiger partial charge in [0.2, 0.25) is 0 Å². The molecule has 1 rings (SSSR count). The lowest BCUT2D eigenvalue weighted by atomic mass is 10.1. The van der Waals surface area contributed by atoms with Crippen molar-refractivity contribution in [3.05, 3.63) is 35.6 Å². The fourth-order valence-corrected chi connectivity index (χ4v) is 2.27. The molecule has 1 aromatic rings. The quantitative estimate of drug-likeness (QED) is 0.801. The molecule has 16 heavy (non-hydrogen) atoms. The Labute approximate surface area is 93.3 Å². The van der Waals surface area contributed by atoms with E-state index in [0.717, 1.165) is 12.3 Å². The van der Waals surface area contributed by atoms with Gasteiger partial charge in [0, 0.05) is 11.8 Å². The summed E-state index contributed by atoms with van der Waals surface area (Å²) in [6.45, 7) is -0.756. The zero-order valence-electron chi connectivity index (χ0n) is 8.67. The summed E-state index contributed by atoms with van der Waals surface area (Å²) in [6, 6.07) is 5.32. The Kier molecular flexibility index (Phi) is 4.01. The molecule has 0 amide bonds. The monoisotopic (exact) mass is 248 g/mol. The van der Waals surface area contributed by atoms with E-state index in [-0.39, 0.29) is 5.56 Å². The third-order valence-corrected chi connectivity index (χ3v) is 3.81. The number of sulfone groups is 1. The highest BCUT2D eigenvalue weighted by molar-refractivity contribution is 7.91. The Bertz CT molecular complexity index is 458. The molecule has 0 bridgehead atoms. The van der Waals surface area contributed by atoms with E-state index in [9.17, 15) is 17.9 Å². The molecule has 0 aliphatic heterocycles. The number of aliphatic hydroxyl groups is 2. The number of halogens is 1. The van der Waals surface area contributed by atoms with Gasteiger partial charge in [0.05, 0.1) is 6.61 Å². The lowest BCUT2D eigenvalue weighted by Crippen LogP contribution is -2.31. The predicted octanol–water partition coefficient (Wildman–Crippen LogP) is 0.265. The average molecular weight is 248 g/mol. The Balaban J connectivity index is 3.10. The van der Waals surface area contributed by atoms with Crippen LogP contribution in [-0.4, -0.2) is 36.7 Å². The van der Waals surface area contributed by atoms with E-state index in [2.05, 4.69) is 0 Å². The number of rotatable bonds is 4. The van der Waals surface area contributed by atoms with Crippen molar-refractivity contribution in [3.63, 3.8) is 0 Å². The highest BCUT2D eigenvalue weighted by Crippen LogP contribution is 2.23. The first-order chi connectivity index (χ1) is 7.38. The standard InChI is InChI=1S/C10H13FO4S/c1-16(14,15)9(6-12)10(13)7-4-2-3-5-8(7)11/h2-5,9-10,12-13H,6H2,1H3. The normalized spacial score (nSPS) is 15.8. The van der Waals surface area contributed by atoms with Crippen LogP contribution in [0.3, 0.4) is 0 Å². The zero-order chi connectivity index (χ0) is 12.3. The van der Waals surface area contributed by atoms with Gasteiger partial charge >= 0.3 is 0 Å². The van der Waals surface area contributed by atoms with E-state index in [1.165, 1.54) is 18.2 Å². The first kappa shape index (κ1) is 13.1. The maximum atomic E-state index is 13.3. The molecule has 0 saturated heterocycles. The second-order valence-electron chi connectivity index (χ2n) is 3.52. The van der Waals surface area contributed by atoms with Crippen LogP contribution in [0.5, 0.6) is 0 Å². The number of aliphatic hydroxyl groups excluding tert-OH is 2. The summed E-state index contributed by atoms with van der Waals surface area (Å²) in [7, 11) is -3.65. The molecule has 0 aromatic heterocycles. The first-order valence-electron chi connectivity index (χ1n) is 4.60. The van der Waals surface area contributed by atoms with Crippen LogP contribution in [0.15, 0.2) is 24.3 Å². The Morgan fingerprint density at radius 1 is 1.38 bits per heavy atom. The van der Waals surface area contributed by atoms with Crippen LogP contribution in [0.4, 0.5) is 4.39 Å². The van der Waals surface area contributed by atoms with Crippen molar-refractivity contribution in [2.24, 2.45) is 0 Å². The van der Waals surface area contributed by atoms with Crippen LogP contribution in [0.2, 0.25) is 0 Å². The van der Waals surface area contributed by atoms with Crippen molar-refractivity contribution in [1.82, 2.24) is 0 Å². The minimum Gasteiger partial charge on any atom is -0.395 e. The van der Waals surface area contributed by atoms with Crippen molar-refractivity contribution in [2.75, 3.05) is 12.9 Å². The van der Waals surface area contributed by atoms with Crippen LogP contribution < -0.4 is 0 Å². The van der Waals surface area contributed by atoms with Crippen molar-refractivity contribution < 1.29 is 23.0 Å². The fraction of sp³-hybridized carbons (Fsp3) is 0.400. The molecule has 6 heteroatoms. The van der Waals surface area contributed by atoms with Gasteiger partial charge in [-0.15, -0.1) is 0 Å². The van der Waals surface area contributed by atoms with Gasteiger partial charge in [0.1, 0.15) is 17.2 Å². The summed E-state index contributed by atoms with van der Waals surface area (Å²) >= 11 is 0. The summed E-state index contributed by atoms with van der Waals surface area (Å²) < 4.78 is 35.8. The first-order valence-corrected chi connectivity index (χ1v) is 6.55. The van der Waals surface area contributed by atoms with E-state index < -0.39 is 33.6 Å². The van der Waals surface area contributed by atoms with Gasteiger partial charge in [-0.2, -0.15) is 0 Å².